The van der Waals surface area contributed by atoms with Gasteiger partial charge in [-0.3, -0.25) is 0 Å². The summed E-state index contributed by atoms with van der Waals surface area (Å²) in [6.07, 6.45) is -1.86. The number of rotatable bonds is 2. The first-order valence-electron chi connectivity index (χ1n) is 4.60. The van der Waals surface area contributed by atoms with Crippen molar-refractivity contribution in [1.29, 1.82) is 0 Å². The lowest BCUT2D eigenvalue weighted by molar-refractivity contribution is -0.138. The van der Waals surface area contributed by atoms with Gasteiger partial charge in [-0.1, -0.05) is 32.6 Å². The maximum atomic E-state index is 12.7. The highest BCUT2D eigenvalue weighted by Crippen LogP contribution is 2.35. The van der Waals surface area contributed by atoms with Gasteiger partial charge in [0.25, 0.3) is 0 Å². The predicted molar refractivity (Wildman–Crippen MR) is 53.5 cm³/mol. The summed E-state index contributed by atoms with van der Waals surface area (Å²) in [7, 11) is 0. The smallest absolute Gasteiger partial charge is 0.166 e. The van der Waals surface area contributed by atoms with Crippen molar-refractivity contribution >= 4 is 0 Å². The van der Waals surface area contributed by atoms with Crippen molar-refractivity contribution in [2.24, 2.45) is 0 Å². The zero-order chi connectivity index (χ0) is 11.6. The molecule has 0 saturated heterocycles. The summed E-state index contributed by atoms with van der Waals surface area (Å²) < 4.78 is 38.0. The molecule has 0 unspecified atom stereocenters. The van der Waals surface area contributed by atoms with Crippen LogP contribution in [0.5, 0.6) is 0 Å². The van der Waals surface area contributed by atoms with Crippen LogP contribution < -0.4 is 0 Å². The molecule has 0 aliphatic rings. The SMILES string of the molecule is C=[C]c1ccc(C(C)C)c(C(F)(F)F)c1. The van der Waals surface area contributed by atoms with Gasteiger partial charge in [0, 0.05) is 0 Å². The Morgan fingerprint density at radius 3 is 2.27 bits per heavy atom. The Kier molecular flexibility index (Phi) is 3.22. The van der Waals surface area contributed by atoms with E-state index in [-0.39, 0.29) is 5.92 Å². The van der Waals surface area contributed by atoms with Gasteiger partial charge < -0.3 is 0 Å². The van der Waals surface area contributed by atoms with Crippen molar-refractivity contribution in [2.45, 2.75) is 25.9 Å². The Morgan fingerprint density at radius 2 is 1.87 bits per heavy atom. The molecule has 81 valence electrons. The van der Waals surface area contributed by atoms with Gasteiger partial charge in [0.1, 0.15) is 0 Å². The molecule has 3 heteroatoms. The maximum absolute atomic E-state index is 12.7. The fourth-order valence-corrected chi connectivity index (χ4v) is 1.42. The first-order chi connectivity index (χ1) is 6.86. The van der Waals surface area contributed by atoms with Crippen LogP contribution in [0.2, 0.25) is 0 Å². The zero-order valence-corrected chi connectivity index (χ0v) is 8.65. The molecule has 1 radical (unpaired) electrons. The second kappa shape index (κ2) is 4.09. The van der Waals surface area contributed by atoms with Gasteiger partial charge in [-0.15, -0.1) is 0 Å². The molecule has 0 atom stereocenters. The normalized spacial score (nSPS) is 11.9. The Labute approximate surface area is 87.4 Å². The van der Waals surface area contributed by atoms with Crippen LogP contribution in [-0.2, 0) is 6.18 Å². The molecule has 1 rings (SSSR count). The van der Waals surface area contributed by atoms with E-state index in [2.05, 4.69) is 12.7 Å². The quantitative estimate of drug-likeness (QED) is 0.691. The Morgan fingerprint density at radius 1 is 1.27 bits per heavy atom. The Bertz CT molecular complexity index is 362. The van der Waals surface area contributed by atoms with E-state index in [0.717, 1.165) is 6.07 Å². The molecule has 15 heavy (non-hydrogen) atoms. The summed E-state index contributed by atoms with van der Waals surface area (Å²) in [6.45, 7) is 6.81. The molecule has 0 nitrogen and oxygen atoms in total. The predicted octanol–water partition coefficient (Wildman–Crippen LogP) is 4.17. The minimum atomic E-state index is -4.31. The molecule has 1 aromatic rings. The average Bonchev–Trinajstić information content (AvgIpc) is 2.15. The molecular weight excluding hydrogens is 201 g/mol. The average molecular weight is 213 g/mol. The minimum Gasteiger partial charge on any atom is -0.166 e. The highest BCUT2D eigenvalue weighted by molar-refractivity contribution is 5.38. The van der Waals surface area contributed by atoms with E-state index in [1.807, 2.05) is 0 Å². The third-order valence-corrected chi connectivity index (χ3v) is 2.18. The van der Waals surface area contributed by atoms with Crippen LogP contribution in [0, 0.1) is 6.08 Å². The first-order valence-corrected chi connectivity index (χ1v) is 4.60. The third kappa shape index (κ3) is 2.61. The zero-order valence-electron chi connectivity index (χ0n) is 8.65. The number of hydrogen-bond donors (Lipinski definition) is 0. The highest BCUT2D eigenvalue weighted by Gasteiger charge is 2.33. The lowest BCUT2D eigenvalue weighted by Crippen LogP contribution is -2.10. The van der Waals surface area contributed by atoms with Gasteiger partial charge >= 0.3 is 6.18 Å². The number of benzene rings is 1. The number of alkyl halides is 3. The van der Waals surface area contributed by atoms with E-state index in [4.69, 9.17) is 0 Å². The standard InChI is InChI=1S/C12H12F3/c1-4-9-5-6-10(8(2)3)11(7-9)12(13,14)15/h5-8H,1H2,2-3H3. The molecular formula is C12H12F3. The van der Waals surface area contributed by atoms with Crippen LogP contribution in [-0.4, -0.2) is 0 Å². The van der Waals surface area contributed by atoms with Crippen LogP contribution in [0.1, 0.15) is 36.5 Å². The first kappa shape index (κ1) is 11.8. The highest BCUT2D eigenvalue weighted by atomic mass is 19.4. The van der Waals surface area contributed by atoms with Crippen LogP contribution in [0.3, 0.4) is 0 Å². The topological polar surface area (TPSA) is 0 Å². The molecule has 0 saturated carbocycles. The van der Waals surface area contributed by atoms with Gasteiger partial charge in [-0.05, 0) is 29.2 Å². The summed E-state index contributed by atoms with van der Waals surface area (Å²) in [4.78, 5) is 0. The minimum absolute atomic E-state index is 0.152. The van der Waals surface area contributed by atoms with E-state index in [9.17, 15) is 13.2 Å². The fraction of sp³-hybridized carbons (Fsp3) is 0.333. The molecule has 0 bridgehead atoms. The van der Waals surface area contributed by atoms with Gasteiger partial charge in [0.15, 0.2) is 0 Å². The molecule has 0 heterocycles. The van der Waals surface area contributed by atoms with Crippen molar-refractivity contribution in [3.8, 4) is 0 Å². The summed E-state index contributed by atoms with van der Waals surface area (Å²) in [5, 5.41) is 0. The Balaban J connectivity index is 3.35. The fourth-order valence-electron chi connectivity index (χ4n) is 1.42. The summed E-state index contributed by atoms with van der Waals surface area (Å²) in [5.74, 6) is -0.152. The molecule has 0 fully saturated rings. The lowest BCUT2D eigenvalue weighted by atomic mass is 9.95. The van der Waals surface area contributed by atoms with E-state index in [1.165, 1.54) is 6.07 Å². The van der Waals surface area contributed by atoms with Gasteiger partial charge in [-0.25, -0.2) is 0 Å². The van der Waals surface area contributed by atoms with E-state index in [1.54, 1.807) is 19.9 Å². The monoisotopic (exact) mass is 213 g/mol. The van der Waals surface area contributed by atoms with Crippen molar-refractivity contribution in [2.75, 3.05) is 0 Å². The van der Waals surface area contributed by atoms with Crippen molar-refractivity contribution in [3.63, 3.8) is 0 Å². The molecule has 0 aliphatic heterocycles. The van der Waals surface area contributed by atoms with Crippen molar-refractivity contribution in [3.05, 3.63) is 47.5 Å². The van der Waals surface area contributed by atoms with E-state index < -0.39 is 11.7 Å². The summed E-state index contributed by atoms with van der Waals surface area (Å²) >= 11 is 0. The van der Waals surface area contributed by atoms with Crippen LogP contribution in [0.15, 0.2) is 24.8 Å². The maximum Gasteiger partial charge on any atom is 0.416 e. The molecule has 0 amide bonds. The molecule has 0 aromatic heterocycles. The van der Waals surface area contributed by atoms with E-state index >= 15 is 0 Å². The molecule has 0 N–H and O–H groups in total. The third-order valence-electron chi connectivity index (χ3n) is 2.18. The number of hydrogen-bond acceptors (Lipinski definition) is 0. The largest absolute Gasteiger partial charge is 0.416 e. The van der Waals surface area contributed by atoms with Crippen LogP contribution in [0.4, 0.5) is 13.2 Å². The molecule has 0 aliphatic carbocycles. The Hall–Kier alpha value is -1.25. The summed E-state index contributed by atoms with van der Waals surface area (Å²) in [5.41, 5.74) is 0.0828. The second-order valence-corrected chi connectivity index (χ2v) is 3.63. The lowest BCUT2D eigenvalue weighted by Gasteiger charge is -2.15. The van der Waals surface area contributed by atoms with Crippen molar-refractivity contribution in [1.82, 2.24) is 0 Å². The molecule has 1 aromatic carbocycles. The van der Waals surface area contributed by atoms with Gasteiger partial charge in [0.2, 0.25) is 0 Å². The summed E-state index contributed by atoms with van der Waals surface area (Å²) in [6, 6.07) is 4.17. The van der Waals surface area contributed by atoms with Gasteiger partial charge in [0.05, 0.1) is 5.56 Å². The van der Waals surface area contributed by atoms with E-state index in [0.29, 0.717) is 11.1 Å². The van der Waals surface area contributed by atoms with Crippen molar-refractivity contribution < 1.29 is 13.2 Å². The van der Waals surface area contributed by atoms with Crippen LogP contribution in [0.25, 0.3) is 0 Å². The molecule has 0 spiro atoms. The van der Waals surface area contributed by atoms with Gasteiger partial charge in [-0.2, -0.15) is 13.2 Å². The second-order valence-electron chi connectivity index (χ2n) is 3.63. The number of halogens is 3. The van der Waals surface area contributed by atoms with Crippen LogP contribution >= 0.6 is 0 Å².